The Morgan fingerprint density at radius 1 is 1.19 bits per heavy atom. The van der Waals surface area contributed by atoms with E-state index in [1.54, 1.807) is 24.3 Å². The number of hydrogen-bond acceptors (Lipinski definition) is 7. The van der Waals surface area contributed by atoms with Gasteiger partial charge in [-0.05, 0) is 41.8 Å². The summed E-state index contributed by atoms with van der Waals surface area (Å²) in [6, 6.07) is 9.05. The number of nitrogens with two attached hydrogens (primary N) is 1. The lowest BCUT2D eigenvalue weighted by Gasteiger charge is -2.15. The average Bonchev–Trinajstić information content (AvgIpc) is 3.05. The van der Waals surface area contributed by atoms with Crippen molar-refractivity contribution in [2.75, 3.05) is 7.11 Å². The molecular formula is C21H19F3N2O5S. The van der Waals surface area contributed by atoms with Crippen LogP contribution in [0.25, 0.3) is 0 Å². The molecule has 0 aliphatic rings. The summed E-state index contributed by atoms with van der Waals surface area (Å²) in [7, 11) is 1.24. The van der Waals surface area contributed by atoms with E-state index in [4.69, 9.17) is 10.5 Å². The number of carbonyl (C=O) groups excluding carboxylic acids is 1. The molecule has 0 fully saturated rings. The molecule has 3 aromatic rings. The molecule has 0 aliphatic heterocycles. The Labute approximate surface area is 184 Å². The summed E-state index contributed by atoms with van der Waals surface area (Å²) in [5, 5.41) is 9.67. The first kappa shape index (κ1) is 23.4. The van der Waals surface area contributed by atoms with E-state index in [2.05, 4.69) is 9.72 Å². The maximum atomic E-state index is 13.6. The van der Waals surface area contributed by atoms with Crippen LogP contribution in [0.2, 0.25) is 0 Å². The molecule has 7 nitrogen and oxygen atoms in total. The van der Waals surface area contributed by atoms with Gasteiger partial charge in [-0.1, -0.05) is 29.5 Å². The number of aromatic nitrogens is 1. The van der Waals surface area contributed by atoms with Crippen molar-refractivity contribution in [3.05, 3.63) is 73.7 Å². The predicted molar refractivity (Wildman–Crippen MR) is 111 cm³/mol. The highest BCUT2D eigenvalue weighted by Crippen LogP contribution is 2.37. The van der Waals surface area contributed by atoms with E-state index in [0.717, 1.165) is 11.6 Å². The normalized spacial score (nSPS) is 12.4. The third-order valence-electron chi connectivity index (χ3n) is 4.56. The molecule has 170 valence electrons. The van der Waals surface area contributed by atoms with Crippen LogP contribution in [0.15, 0.2) is 47.3 Å². The first-order valence-electron chi connectivity index (χ1n) is 9.28. The molecule has 32 heavy (non-hydrogen) atoms. The first-order chi connectivity index (χ1) is 15.1. The fourth-order valence-electron chi connectivity index (χ4n) is 3.00. The number of rotatable bonds is 7. The molecule has 0 saturated carbocycles. The van der Waals surface area contributed by atoms with Crippen LogP contribution in [0.5, 0.6) is 17.4 Å². The van der Waals surface area contributed by atoms with E-state index < -0.39 is 34.5 Å². The van der Waals surface area contributed by atoms with Gasteiger partial charge in [-0.25, -0.2) is 0 Å². The predicted octanol–water partition coefficient (Wildman–Crippen LogP) is 3.59. The molecule has 0 amide bonds. The highest BCUT2D eigenvalue weighted by molar-refractivity contribution is 7.09. The van der Waals surface area contributed by atoms with Gasteiger partial charge in [0.1, 0.15) is 17.5 Å². The van der Waals surface area contributed by atoms with Gasteiger partial charge in [0.15, 0.2) is 0 Å². The molecule has 3 rings (SSSR count). The second-order valence-electron chi connectivity index (χ2n) is 6.86. The Balaban J connectivity index is 1.79. The van der Waals surface area contributed by atoms with Gasteiger partial charge >= 0.3 is 17.0 Å². The number of benzene rings is 2. The van der Waals surface area contributed by atoms with E-state index in [1.807, 2.05) is 0 Å². The SMILES string of the molecule is COC(=O)C(N)Cc1ccc(Oc2ccc(Cc3sc(=O)[nH]c3O)c(C(F)(F)F)c2)cc1. The van der Waals surface area contributed by atoms with E-state index in [9.17, 15) is 27.9 Å². The summed E-state index contributed by atoms with van der Waals surface area (Å²) < 4.78 is 51.0. The molecule has 1 aromatic heterocycles. The van der Waals surface area contributed by atoms with Gasteiger partial charge in [-0.15, -0.1) is 0 Å². The number of thiazole rings is 1. The fraction of sp³-hybridized carbons (Fsp3) is 0.238. The van der Waals surface area contributed by atoms with Crippen molar-refractivity contribution in [3.63, 3.8) is 0 Å². The number of aromatic amines is 1. The van der Waals surface area contributed by atoms with Gasteiger partial charge in [0.05, 0.1) is 17.6 Å². The standard InChI is InChI=1S/C21H19F3N2O5S/c1-30-19(28)16(25)8-11-2-5-13(6-3-11)31-14-7-4-12(15(10-14)21(22,23)24)9-17-18(27)26-20(29)32-17/h2-7,10,16,27H,8-9,25H2,1H3,(H,26,29). The van der Waals surface area contributed by atoms with Crippen LogP contribution in [0.4, 0.5) is 13.2 Å². The van der Waals surface area contributed by atoms with E-state index in [0.29, 0.717) is 17.1 Å². The number of nitrogens with one attached hydrogen (secondary N) is 1. The number of ether oxygens (including phenoxy) is 2. The Kier molecular flexibility index (Phi) is 6.90. The third-order valence-corrected chi connectivity index (χ3v) is 5.43. The van der Waals surface area contributed by atoms with Crippen molar-refractivity contribution in [2.45, 2.75) is 25.1 Å². The van der Waals surface area contributed by atoms with Crippen LogP contribution < -0.4 is 15.3 Å². The number of methoxy groups -OCH3 is 1. The molecule has 0 bridgehead atoms. The van der Waals surface area contributed by atoms with Gasteiger partial charge in [-0.3, -0.25) is 14.6 Å². The van der Waals surface area contributed by atoms with Gasteiger partial charge in [0.25, 0.3) is 0 Å². The Hall–Kier alpha value is -3.31. The number of esters is 1. The molecule has 4 N–H and O–H groups in total. The molecule has 0 radical (unpaired) electrons. The monoisotopic (exact) mass is 468 g/mol. The number of hydrogen-bond donors (Lipinski definition) is 3. The molecule has 0 spiro atoms. The zero-order valence-electron chi connectivity index (χ0n) is 16.7. The average molecular weight is 468 g/mol. The van der Waals surface area contributed by atoms with Crippen LogP contribution in [0, 0.1) is 0 Å². The van der Waals surface area contributed by atoms with Gasteiger partial charge in [0, 0.05) is 6.42 Å². The zero-order chi connectivity index (χ0) is 23.5. The quantitative estimate of drug-likeness (QED) is 0.457. The van der Waals surface area contributed by atoms with Crippen molar-refractivity contribution in [1.82, 2.24) is 4.98 Å². The second kappa shape index (κ2) is 9.45. The summed E-state index contributed by atoms with van der Waals surface area (Å²) in [6.07, 6.45) is -4.70. The summed E-state index contributed by atoms with van der Waals surface area (Å²) in [5.74, 6) is -0.736. The van der Waals surface area contributed by atoms with Crippen LogP contribution >= 0.6 is 11.3 Å². The maximum Gasteiger partial charge on any atom is 0.416 e. The van der Waals surface area contributed by atoms with E-state index >= 15 is 0 Å². The number of aromatic hydroxyl groups is 1. The van der Waals surface area contributed by atoms with Crippen molar-refractivity contribution >= 4 is 17.3 Å². The minimum Gasteiger partial charge on any atom is -0.494 e. The Morgan fingerprint density at radius 2 is 1.84 bits per heavy atom. The fourth-order valence-corrected chi connectivity index (χ4v) is 3.75. The first-order valence-corrected chi connectivity index (χ1v) is 10.1. The molecule has 2 aromatic carbocycles. The smallest absolute Gasteiger partial charge is 0.416 e. The maximum absolute atomic E-state index is 13.6. The third kappa shape index (κ3) is 5.68. The van der Waals surface area contributed by atoms with Gasteiger partial charge in [0.2, 0.25) is 5.88 Å². The Bertz CT molecular complexity index is 1160. The number of H-pyrrole nitrogens is 1. The topological polar surface area (TPSA) is 115 Å². The van der Waals surface area contributed by atoms with Crippen LogP contribution in [0.3, 0.4) is 0 Å². The molecule has 0 aliphatic carbocycles. The molecule has 1 atom stereocenters. The van der Waals surface area contributed by atoms with Crippen molar-refractivity contribution in [3.8, 4) is 17.4 Å². The minimum atomic E-state index is -4.67. The van der Waals surface area contributed by atoms with Crippen LogP contribution in [0.1, 0.15) is 21.6 Å². The summed E-state index contributed by atoms with van der Waals surface area (Å²) in [6.45, 7) is 0. The highest BCUT2D eigenvalue weighted by atomic mass is 32.1. The minimum absolute atomic E-state index is 0.0356. The second-order valence-corrected chi connectivity index (χ2v) is 7.93. The molecule has 1 heterocycles. The molecule has 0 saturated heterocycles. The van der Waals surface area contributed by atoms with Crippen LogP contribution in [-0.2, 0) is 28.5 Å². The van der Waals surface area contributed by atoms with E-state index in [-0.39, 0.29) is 29.0 Å². The summed E-state index contributed by atoms with van der Waals surface area (Å²) in [4.78, 5) is 24.4. The van der Waals surface area contributed by atoms with Gasteiger partial charge in [-0.2, -0.15) is 13.2 Å². The number of carbonyl (C=O) groups is 1. The largest absolute Gasteiger partial charge is 0.494 e. The molecule has 11 heteroatoms. The molecular weight excluding hydrogens is 449 g/mol. The van der Waals surface area contributed by atoms with Gasteiger partial charge < -0.3 is 20.3 Å². The van der Waals surface area contributed by atoms with Crippen molar-refractivity contribution in [2.24, 2.45) is 5.73 Å². The summed E-state index contributed by atoms with van der Waals surface area (Å²) in [5.41, 5.74) is 5.40. The van der Waals surface area contributed by atoms with E-state index in [1.165, 1.54) is 19.2 Å². The van der Waals surface area contributed by atoms with Crippen molar-refractivity contribution in [1.29, 1.82) is 0 Å². The zero-order valence-corrected chi connectivity index (χ0v) is 17.5. The Morgan fingerprint density at radius 3 is 2.41 bits per heavy atom. The lowest BCUT2D eigenvalue weighted by molar-refractivity contribution is -0.142. The highest BCUT2D eigenvalue weighted by Gasteiger charge is 2.34. The summed E-state index contributed by atoms with van der Waals surface area (Å²) >= 11 is 0.646. The molecule has 1 unspecified atom stereocenters. The number of halogens is 3. The van der Waals surface area contributed by atoms with Crippen LogP contribution in [-0.4, -0.2) is 29.2 Å². The number of alkyl halides is 3. The lowest BCUT2D eigenvalue weighted by Crippen LogP contribution is -2.33. The van der Waals surface area contributed by atoms with Crippen molar-refractivity contribution < 1.29 is 32.5 Å². The lowest BCUT2D eigenvalue weighted by atomic mass is 10.0.